The van der Waals surface area contributed by atoms with Crippen LogP contribution in [0.25, 0.3) is 22.3 Å². The van der Waals surface area contributed by atoms with Gasteiger partial charge in [-0.05, 0) is 53.3 Å². The van der Waals surface area contributed by atoms with Crippen LogP contribution in [0.5, 0.6) is 0 Å². The van der Waals surface area contributed by atoms with Crippen molar-refractivity contribution in [1.29, 1.82) is 0 Å². The minimum absolute atomic E-state index is 1.04. The number of aromatic nitrogens is 3. The molecule has 0 saturated heterocycles. The highest BCUT2D eigenvalue weighted by molar-refractivity contribution is 14.1. The summed E-state index contributed by atoms with van der Waals surface area (Å²) in [4.78, 5) is 11.9. The molecule has 17 heavy (non-hydrogen) atoms. The van der Waals surface area contributed by atoms with E-state index in [2.05, 4.69) is 44.5 Å². The third kappa shape index (κ3) is 1.72. The molecule has 0 radical (unpaired) electrons. The number of pyridine rings is 2. The molecule has 0 bridgehead atoms. The van der Waals surface area contributed by atoms with Gasteiger partial charge in [-0.3, -0.25) is 9.97 Å². The third-order valence-corrected chi connectivity index (χ3v) is 3.86. The minimum atomic E-state index is 1.04. The van der Waals surface area contributed by atoms with Crippen LogP contribution in [0.2, 0.25) is 0 Å². The zero-order valence-electron chi connectivity index (χ0n) is 9.24. The molecule has 0 aromatic carbocycles. The number of rotatable bonds is 1. The van der Waals surface area contributed by atoms with Crippen molar-refractivity contribution in [2.24, 2.45) is 0 Å². The van der Waals surface area contributed by atoms with Gasteiger partial charge in [0, 0.05) is 24.2 Å². The first kappa shape index (κ1) is 10.7. The van der Waals surface area contributed by atoms with Gasteiger partial charge >= 0.3 is 0 Å². The molecule has 0 fully saturated rings. The molecule has 0 spiro atoms. The molecule has 3 nitrogen and oxygen atoms in total. The van der Waals surface area contributed by atoms with E-state index in [1.165, 1.54) is 5.56 Å². The van der Waals surface area contributed by atoms with Crippen molar-refractivity contribution in [3.8, 4) is 11.3 Å². The number of hydrogen-bond acceptors (Lipinski definition) is 2. The largest absolute Gasteiger partial charge is 0.352 e. The topological polar surface area (TPSA) is 41.6 Å². The molecule has 0 atom stereocenters. The first-order valence-corrected chi connectivity index (χ1v) is 6.38. The Labute approximate surface area is 112 Å². The second kappa shape index (κ2) is 4.10. The van der Waals surface area contributed by atoms with E-state index in [0.717, 1.165) is 25.9 Å². The van der Waals surface area contributed by atoms with Crippen LogP contribution in [0.15, 0.2) is 36.8 Å². The number of fused-ring (bicyclic) bond motifs is 1. The maximum Gasteiger partial charge on any atom is 0.102 e. The highest BCUT2D eigenvalue weighted by Crippen LogP contribution is 2.31. The van der Waals surface area contributed by atoms with E-state index in [9.17, 15) is 0 Å². The van der Waals surface area contributed by atoms with Crippen LogP contribution in [0.3, 0.4) is 0 Å². The van der Waals surface area contributed by atoms with Crippen molar-refractivity contribution in [1.82, 2.24) is 15.0 Å². The molecular formula is C13H10IN3. The molecule has 0 saturated carbocycles. The molecule has 4 heteroatoms. The molecule has 0 amide bonds. The highest BCUT2D eigenvalue weighted by atomic mass is 127. The van der Waals surface area contributed by atoms with Crippen molar-refractivity contribution in [3.63, 3.8) is 0 Å². The summed E-state index contributed by atoms with van der Waals surface area (Å²) in [6.07, 6.45) is 5.46. The van der Waals surface area contributed by atoms with Gasteiger partial charge in [0.15, 0.2) is 0 Å². The molecule has 3 heterocycles. The van der Waals surface area contributed by atoms with E-state index < -0.39 is 0 Å². The molecule has 3 rings (SSSR count). The fraction of sp³-hybridized carbons (Fsp3) is 0.0769. The Kier molecular flexibility index (Phi) is 2.58. The van der Waals surface area contributed by atoms with Gasteiger partial charge in [0.2, 0.25) is 0 Å². The van der Waals surface area contributed by atoms with Gasteiger partial charge in [0.25, 0.3) is 0 Å². The SMILES string of the molecule is Cc1ccnc2c(I)c(-c3ccncc3)[nH]c12. The number of aromatic amines is 1. The van der Waals surface area contributed by atoms with Gasteiger partial charge < -0.3 is 4.98 Å². The number of hydrogen-bond donors (Lipinski definition) is 1. The second-order valence-corrected chi connectivity index (χ2v) is 4.98. The fourth-order valence-electron chi connectivity index (χ4n) is 1.90. The van der Waals surface area contributed by atoms with Gasteiger partial charge in [-0.15, -0.1) is 0 Å². The second-order valence-electron chi connectivity index (χ2n) is 3.90. The van der Waals surface area contributed by atoms with Crippen molar-refractivity contribution in [2.75, 3.05) is 0 Å². The molecule has 3 aromatic rings. The molecule has 0 unspecified atom stereocenters. The molecule has 0 aliphatic rings. The lowest BCUT2D eigenvalue weighted by Crippen LogP contribution is -1.80. The Hall–Kier alpha value is -1.43. The highest BCUT2D eigenvalue weighted by Gasteiger charge is 2.12. The lowest BCUT2D eigenvalue weighted by Gasteiger charge is -1.97. The van der Waals surface area contributed by atoms with Gasteiger partial charge in [-0.2, -0.15) is 0 Å². The van der Waals surface area contributed by atoms with Crippen molar-refractivity contribution < 1.29 is 0 Å². The standard InChI is InChI=1S/C13H10IN3/c1-8-2-7-16-13-10(14)12(17-11(8)13)9-3-5-15-6-4-9/h2-7,17H,1H3. The molecule has 3 aromatic heterocycles. The summed E-state index contributed by atoms with van der Waals surface area (Å²) in [6.45, 7) is 2.09. The van der Waals surface area contributed by atoms with E-state index in [0.29, 0.717) is 0 Å². The van der Waals surface area contributed by atoms with Crippen LogP contribution < -0.4 is 0 Å². The summed E-state index contributed by atoms with van der Waals surface area (Å²) in [5.74, 6) is 0. The number of nitrogens with one attached hydrogen (secondary N) is 1. The van der Waals surface area contributed by atoms with Gasteiger partial charge in [0.05, 0.1) is 14.8 Å². The van der Waals surface area contributed by atoms with Crippen LogP contribution >= 0.6 is 22.6 Å². The van der Waals surface area contributed by atoms with E-state index in [1.54, 1.807) is 12.4 Å². The maximum absolute atomic E-state index is 4.43. The smallest absolute Gasteiger partial charge is 0.102 e. The molecule has 0 aliphatic heterocycles. The van der Waals surface area contributed by atoms with Crippen LogP contribution in [-0.2, 0) is 0 Å². The van der Waals surface area contributed by atoms with Crippen LogP contribution in [-0.4, -0.2) is 15.0 Å². The molecule has 0 aliphatic carbocycles. The van der Waals surface area contributed by atoms with Crippen molar-refractivity contribution >= 4 is 33.6 Å². The molecular weight excluding hydrogens is 325 g/mol. The number of H-pyrrole nitrogens is 1. The fourth-order valence-corrected chi connectivity index (χ4v) is 2.75. The average molecular weight is 335 g/mol. The van der Waals surface area contributed by atoms with Crippen LogP contribution in [0.4, 0.5) is 0 Å². The Balaban J connectivity index is 2.32. The summed E-state index contributed by atoms with van der Waals surface area (Å²) in [7, 11) is 0. The predicted octanol–water partition coefficient (Wildman–Crippen LogP) is 3.54. The quantitative estimate of drug-likeness (QED) is 0.691. The zero-order valence-corrected chi connectivity index (χ0v) is 11.4. The minimum Gasteiger partial charge on any atom is -0.352 e. The van der Waals surface area contributed by atoms with E-state index >= 15 is 0 Å². The Morgan fingerprint density at radius 1 is 1.12 bits per heavy atom. The van der Waals surface area contributed by atoms with Gasteiger partial charge in [-0.25, -0.2) is 0 Å². The normalized spacial score (nSPS) is 10.9. The number of nitrogens with zero attached hydrogens (tertiary/aromatic N) is 2. The Morgan fingerprint density at radius 3 is 2.59 bits per heavy atom. The van der Waals surface area contributed by atoms with E-state index in [4.69, 9.17) is 0 Å². The monoisotopic (exact) mass is 335 g/mol. The third-order valence-electron chi connectivity index (χ3n) is 2.81. The molecule has 1 N–H and O–H groups in total. The predicted molar refractivity (Wildman–Crippen MR) is 76.8 cm³/mol. The summed E-state index contributed by atoms with van der Waals surface area (Å²) >= 11 is 2.34. The van der Waals surface area contributed by atoms with Gasteiger partial charge in [0.1, 0.15) is 5.52 Å². The van der Waals surface area contributed by atoms with E-state index in [1.807, 2.05) is 24.4 Å². The first-order valence-electron chi connectivity index (χ1n) is 5.30. The lowest BCUT2D eigenvalue weighted by atomic mass is 10.2. The zero-order chi connectivity index (χ0) is 11.8. The lowest BCUT2D eigenvalue weighted by molar-refractivity contribution is 1.31. The Morgan fingerprint density at radius 2 is 1.88 bits per heavy atom. The number of aryl methyl sites for hydroxylation is 1. The summed E-state index contributed by atoms with van der Waals surface area (Å²) in [6, 6.07) is 6.02. The first-order chi connectivity index (χ1) is 8.27. The van der Waals surface area contributed by atoms with Crippen LogP contribution in [0.1, 0.15) is 5.56 Å². The summed E-state index contributed by atoms with van der Waals surface area (Å²) < 4.78 is 1.16. The van der Waals surface area contributed by atoms with Crippen molar-refractivity contribution in [3.05, 3.63) is 45.9 Å². The summed E-state index contributed by atoms with van der Waals surface area (Å²) in [5.41, 5.74) is 5.63. The average Bonchev–Trinajstić information content (AvgIpc) is 2.70. The van der Waals surface area contributed by atoms with Gasteiger partial charge in [-0.1, -0.05) is 0 Å². The summed E-state index contributed by atoms with van der Waals surface area (Å²) in [5, 5.41) is 0. The Bertz CT molecular complexity index is 674. The van der Waals surface area contributed by atoms with Crippen LogP contribution in [0, 0.1) is 10.5 Å². The molecule has 84 valence electrons. The maximum atomic E-state index is 4.43. The van der Waals surface area contributed by atoms with E-state index in [-0.39, 0.29) is 0 Å². The van der Waals surface area contributed by atoms with Crippen molar-refractivity contribution in [2.45, 2.75) is 6.92 Å². The number of halogens is 1.